The Morgan fingerprint density at radius 2 is 1.81 bits per heavy atom. The summed E-state index contributed by atoms with van der Waals surface area (Å²) in [5, 5.41) is 3.22. The molecule has 0 spiro atoms. The molecule has 0 saturated heterocycles. The Balaban J connectivity index is 2.14. The van der Waals surface area contributed by atoms with Crippen molar-refractivity contribution >= 4 is 5.69 Å². The number of benzene rings is 2. The van der Waals surface area contributed by atoms with E-state index in [9.17, 15) is 4.39 Å². The second-order valence-corrected chi connectivity index (χ2v) is 5.39. The van der Waals surface area contributed by atoms with Crippen LogP contribution in [-0.4, -0.2) is 19.2 Å². The van der Waals surface area contributed by atoms with E-state index < -0.39 is 5.54 Å². The van der Waals surface area contributed by atoms with E-state index in [1.807, 2.05) is 31.2 Å². The lowest BCUT2D eigenvalue weighted by Gasteiger charge is -2.31. The lowest BCUT2D eigenvalue weighted by molar-refractivity contribution is 0.414. The number of halogens is 1. The summed E-state index contributed by atoms with van der Waals surface area (Å²) < 4.78 is 18.9. The molecule has 2 aromatic rings. The number of nitrogens with two attached hydrogens (primary N) is 1. The molecule has 3 N–H and O–H groups in total. The van der Waals surface area contributed by atoms with E-state index in [1.54, 1.807) is 25.3 Å². The lowest BCUT2D eigenvalue weighted by Crippen LogP contribution is -2.44. The first kappa shape index (κ1) is 15.3. The van der Waals surface area contributed by atoms with Gasteiger partial charge in [0, 0.05) is 6.54 Å². The SMILES string of the molecule is COc1ccc(CC(C)(CN)Nc2ccccc2F)cc1. The van der Waals surface area contributed by atoms with Crippen molar-refractivity contribution < 1.29 is 9.13 Å². The molecule has 112 valence electrons. The van der Waals surface area contributed by atoms with Crippen LogP contribution in [0.4, 0.5) is 10.1 Å². The van der Waals surface area contributed by atoms with E-state index in [0.29, 0.717) is 18.7 Å². The van der Waals surface area contributed by atoms with Crippen LogP contribution in [0.1, 0.15) is 12.5 Å². The number of rotatable bonds is 6. The van der Waals surface area contributed by atoms with Crippen LogP contribution < -0.4 is 15.8 Å². The molecule has 0 amide bonds. The van der Waals surface area contributed by atoms with Crippen molar-refractivity contribution in [2.24, 2.45) is 5.73 Å². The fourth-order valence-electron chi connectivity index (χ4n) is 2.25. The van der Waals surface area contributed by atoms with E-state index in [1.165, 1.54) is 6.07 Å². The highest BCUT2D eigenvalue weighted by Gasteiger charge is 2.23. The van der Waals surface area contributed by atoms with Crippen molar-refractivity contribution in [3.05, 3.63) is 59.9 Å². The summed E-state index contributed by atoms with van der Waals surface area (Å²) in [6.45, 7) is 2.39. The standard InChI is InChI=1S/C17H21FN2O/c1-17(12-19,20-16-6-4-3-5-15(16)18)11-13-7-9-14(21-2)10-8-13/h3-10,20H,11-12,19H2,1-2H3. The predicted molar refractivity (Wildman–Crippen MR) is 84.2 cm³/mol. The topological polar surface area (TPSA) is 47.3 Å². The number of anilines is 1. The summed E-state index contributed by atoms with van der Waals surface area (Å²) in [5.74, 6) is 0.544. The van der Waals surface area contributed by atoms with Gasteiger partial charge in [0.25, 0.3) is 0 Å². The minimum atomic E-state index is -0.420. The largest absolute Gasteiger partial charge is 0.497 e. The number of nitrogens with one attached hydrogen (secondary N) is 1. The average Bonchev–Trinajstić information content (AvgIpc) is 2.50. The van der Waals surface area contributed by atoms with Crippen molar-refractivity contribution in [2.75, 3.05) is 19.0 Å². The second-order valence-electron chi connectivity index (χ2n) is 5.39. The minimum Gasteiger partial charge on any atom is -0.497 e. The summed E-state index contributed by atoms with van der Waals surface area (Å²) in [6.07, 6.45) is 0.696. The molecule has 3 nitrogen and oxygen atoms in total. The predicted octanol–water partition coefficient (Wildman–Crippen LogP) is 3.21. The van der Waals surface area contributed by atoms with E-state index in [0.717, 1.165) is 11.3 Å². The fraction of sp³-hybridized carbons (Fsp3) is 0.294. The Bertz CT molecular complexity index is 586. The van der Waals surface area contributed by atoms with Crippen LogP contribution in [0, 0.1) is 5.82 Å². The third-order valence-corrected chi connectivity index (χ3v) is 3.51. The average molecular weight is 288 g/mol. The van der Waals surface area contributed by atoms with Crippen molar-refractivity contribution in [3.63, 3.8) is 0 Å². The highest BCUT2D eigenvalue weighted by Crippen LogP contribution is 2.22. The third kappa shape index (κ3) is 3.95. The molecule has 0 aromatic heterocycles. The molecule has 2 rings (SSSR count). The van der Waals surface area contributed by atoms with E-state index >= 15 is 0 Å². The van der Waals surface area contributed by atoms with Crippen LogP contribution in [0.5, 0.6) is 5.75 Å². The zero-order valence-corrected chi connectivity index (χ0v) is 12.4. The Labute approximate surface area is 124 Å². The van der Waals surface area contributed by atoms with Gasteiger partial charge in [-0.15, -0.1) is 0 Å². The summed E-state index contributed by atoms with van der Waals surface area (Å²) in [6, 6.07) is 14.4. The summed E-state index contributed by atoms with van der Waals surface area (Å²) >= 11 is 0. The van der Waals surface area contributed by atoms with Gasteiger partial charge in [0.1, 0.15) is 11.6 Å². The smallest absolute Gasteiger partial charge is 0.146 e. The van der Waals surface area contributed by atoms with Crippen molar-refractivity contribution in [3.8, 4) is 5.75 Å². The fourth-order valence-corrected chi connectivity index (χ4v) is 2.25. The first-order chi connectivity index (χ1) is 10.1. The van der Waals surface area contributed by atoms with Crippen LogP contribution in [0.15, 0.2) is 48.5 Å². The molecule has 0 heterocycles. The molecular weight excluding hydrogens is 267 g/mol. The van der Waals surface area contributed by atoms with E-state index in [-0.39, 0.29) is 5.82 Å². The van der Waals surface area contributed by atoms with Gasteiger partial charge in [-0.3, -0.25) is 0 Å². The highest BCUT2D eigenvalue weighted by molar-refractivity contribution is 5.47. The number of methoxy groups -OCH3 is 1. The monoisotopic (exact) mass is 288 g/mol. The quantitative estimate of drug-likeness (QED) is 0.858. The number of hydrogen-bond donors (Lipinski definition) is 2. The molecule has 0 bridgehead atoms. The first-order valence-electron chi connectivity index (χ1n) is 6.92. The molecule has 0 fully saturated rings. The maximum Gasteiger partial charge on any atom is 0.146 e. The maximum atomic E-state index is 13.8. The van der Waals surface area contributed by atoms with Crippen LogP contribution in [0.3, 0.4) is 0 Å². The Morgan fingerprint density at radius 1 is 1.14 bits per heavy atom. The van der Waals surface area contributed by atoms with Gasteiger partial charge in [0.05, 0.1) is 18.3 Å². The molecule has 0 saturated carbocycles. The second kappa shape index (κ2) is 6.59. The Kier molecular flexibility index (Phi) is 4.81. The number of hydrogen-bond acceptors (Lipinski definition) is 3. The Hall–Kier alpha value is -2.07. The lowest BCUT2D eigenvalue weighted by atomic mass is 9.92. The van der Waals surface area contributed by atoms with E-state index in [4.69, 9.17) is 10.5 Å². The van der Waals surface area contributed by atoms with E-state index in [2.05, 4.69) is 5.32 Å². The normalized spacial score (nSPS) is 13.5. The molecular formula is C17H21FN2O. The Morgan fingerprint density at radius 3 is 2.38 bits per heavy atom. The summed E-state index contributed by atoms with van der Waals surface area (Å²) in [5.41, 5.74) is 7.07. The molecule has 1 atom stereocenters. The van der Waals surface area contributed by atoms with Crippen LogP contribution >= 0.6 is 0 Å². The first-order valence-corrected chi connectivity index (χ1v) is 6.92. The van der Waals surface area contributed by atoms with Gasteiger partial charge >= 0.3 is 0 Å². The molecule has 0 aliphatic heterocycles. The van der Waals surface area contributed by atoms with Gasteiger partial charge in [-0.25, -0.2) is 4.39 Å². The molecule has 0 radical (unpaired) electrons. The molecule has 2 aromatic carbocycles. The van der Waals surface area contributed by atoms with Gasteiger partial charge in [0.15, 0.2) is 0 Å². The molecule has 21 heavy (non-hydrogen) atoms. The molecule has 4 heteroatoms. The number of para-hydroxylation sites is 1. The van der Waals surface area contributed by atoms with Crippen molar-refractivity contribution in [1.82, 2.24) is 0 Å². The molecule has 0 aliphatic carbocycles. The van der Waals surface area contributed by atoms with Crippen LogP contribution in [0.2, 0.25) is 0 Å². The van der Waals surface area contributed by atoms with Gasteiger partial charge in [0.2, 0.25) is 0 Å². The van der Waals surface area contributed by atoms with Crippen molar-refractivity contribution in [1.29, 1.82) is 0 Å². The van der Waals surface area contributed by atoms with Gasteiger partial charge in [-0.2, -0.15) is 0 Å². The van der Waals surface area contributed by atoms with Gasteiger partial charge < -0.3 is 15.8 Å². The molecule has 1 unspecified atom stereocenters. The molecule has 0 aliphatic rings. The van der Waals surface area contributed by atoms with Gasteiger partial charge in [-0.05, 0) is 43.2 Å². The third-order valence-electron chi connectivity index (χ3n) is 3.51. The van der Waals surface area contributed by atoms with Crippen LogP contribution in [-0.2, 0) is 6.42 Å². The summed E-state index contributed by atoms with van der Waals surface area (Å²) in [4.78, 5) is 0. The van der Waals surface area contributed by atoms with Crippen LogP contribution in [0.25, 0.3) is 0 Å². The maximum absolute atomic E-state index is 13.8. The highest BCUT2D eigenvalue weighted by atomic mass is 19.1. The zero-order chi connectivity index (χ0) is 15.3. The minimum absolute atomic E-state index is 0.271. The summed E-state index contributed by atoms with van der Waals surface area (Å²) in [7, 11) is 1.64. The zero-order valence-electron chi connectivity index (χ0n) is 12.4. The van der Waals surface area contributed by atoms with Gasteiger partial charge in [-0.1, -0.05) is 24.3 Å². The van der Waals surface area contributed by atoms with Crippen molar-refractivity contribution in [2.45, 2.75) is 18.9 Å². The number of ether oxygens (including phenoxy) is 1.